The molecule has 138 valence electrons. The Labute approximate surface area is 152 Å². The normalized spacial score (nSPS) is 23.7. The van der Waals surface area contributed by atoms with Crippen LogP contribution in [0.5, 0.6) is 0 Å². The highest BCUT2D eigenvalue weighted by molar-refractivity contribution is 5.79. The summed E-state index contributed by atoms with van der Waals surface area (Å²) in [5.74, 6) is 0.0367. The Balaban J connectivity index is 1.36. The Hall–Kier alpha value is -2.18. The number of hydrogen-bond donors (Lipinski definition) is 0. The summed E-state index contributed by atoms with van der Waals surface area (Å²) >= 11 is 0. The number of rotatable bonds is 4. The van der Waals surface area contributed by atoms with Gasteiger partial charge in [0.1, 0.15) is 5.82 Å². The standard InChI is InChI=1S/C20H23FN2O3/c21-18-3-1-2-15(8-18)9-20(24)23-12-17-11-22(5-7-26-19(17)13-23)10-16-4-6-25-14-16/h1-4,6,8,14,17,19H,5,7,9-13H2/t17-,19+/m1/s1. The van der Waals surface area contributed by atoms with E-state index in [9.17, 15) is 9.18 Å². The van der Waals surface area contributed by atoms with E-state index in [4.69, 9.17) is 9.15 Å². The molecular weight excluding hydrogens is 335 g/mol. The van der Waals surface area contributed by atoms with E-state index < -0.39 is 0 Å². The molecule has 0 unspecified atom stereocenters. The molecule has 4 rings (SSSR count). The summed E-state index contributed by atoms with van der Waals surface area (Å²) in [5, 5.41) is 0. The third-order valence-corrected chi connectivity index (χ3v) is 5.20. The number of ether oxygens (including phenoxy) is 1. The highest BCUT2D eigenvalue weighted by Gasteiger charge is 2.38. The van der Waals surface area contributed by atoms with Gasteiger partial charge in [-0.3, -0.25) is 9.69 Å². The van der Waals surface area contributed by atoms with Gasteiger partial charge in [-0.05, 0) is 23.8 Å². The van der Waals surface area contributed by atoms with E-state index in [0.29, 0.717) is 31.2 Å². The van der Waals surface area contributed by atoms with Crippen LogP contribution in [-0.2, 0) is 22.5 Å². The minimum Gasteiger partial charge on any atom is -0.472 e. The zero-order chi connectivity index (χ0) is 17.9. The van der Waals surface area contributed by atoms with Crippen LogP contribution in [0.3, 0.4) is 0 Å². The molecule has 0 saturated carbocycles. The highest BCUT2D eigenvalue weighted by atomic mass is 19.1. The van der Waals surface area contributed by atoms with Gasteiger partial charge in [-0.25, -0.2) is 4.39 Å². The van der Waals surface area contributed by atoms with Crippen LogP contribution in [0.4, 0.5) is 4.39 Å². The number of amides is 1. The van der Waals surface area contributed by atoms with Gasteiger partial charge in [-0.2, -0.15) is 0 Å². The third-order valence-electron chi connectivity index (χ3n) is 5.20. The number of furan rings is 1. The zero-order valence-corrected chi connectivity index (χ0v) is 14.6. The Morgan fingerprint density at radius 3 is 2.92 bits per heavy atom. The molecule has 0 aliphatic carbocycles. The molecule has 1 aromatic heterocycles. The average Bonchev–Trinajstić information content (AvgIpc) is 3.22. The summed E-state index contributed by atoms with van der Waals surface area (Å²) in [6, 6.07) is 8.23. The Bertz CT molecular complexity index is 749. The highest BCUT2D eigenvalue weighted by Crippen LogP contribution is 2.25. The molecule has 3 heterocycles. The number of carbonyl (C=O) groups is 1. The number of nitrogens with zero attached hydrogens (tertiary/aromatic N) is 2. The number of carbonyl (C=O) groups excluding carboxylic acids is 1. The second-order valence-electron chi connectivity index (χ2n) is 7.14. The van der Waals surface area contributed by atoms with Gasteiger partial charge >= 0.3 is 0 Å². The first-order chi connectivity index (χ1) is 12.7. The molecule has 2 atom stereocenters. The van der Waals surface area contributed by atoms with Crippen LogP contribution in [0.15, 0.2) is 47.3 Å². The Kier molecular flexibility index (Phi) is 5.04. The predicted octanol–water partition coefficient (Wildman–Crippen LogP) is 2.32. The Morgan fingerprint density at radius 1 is 1.19 bits per heavy atom. The van der Waals surface area contributed by atoms with Gasteiger partial charge in [0.05, 0.1) is 31.7 Å². The van der Waals surface area contributed by atoms with Gasteiger partial charge < -0.3 is 14.1 Å². The maximum Gasteiger partial charge on any atom is 0.227 e. The molecule has 2 aliphatic heterocycles. The lowest BCUT2D eigenvalue weighted by Gasteiger charge is -2.22. The van der Waals surface area contributed by atoms with Crippen molar-refractivity contribution in [1.29, 1.82) is 0 Å². The monoisotopic (exact) mass is 358 g/mol. The summed E-state index contributed by atoms with van der Waals surface area (Å²) in [6.07, 6.45) is 3.78. The largest absolute Gasteiger partial charge is 0.472 e. The minimum absolute atomic E-state index is 0.0358. The molecule has 6 heteroatoms. The number of hydrogen-bond acceptors (Lipinski definition) is 4. The molecule has 2 saturated heterocycles. The Morgan fingerprint density at radius 2 is 2.12 bits per heavy atom. The number of halogens is 1. The first kappa shape index (κ1) is 17.2. The predicted molar refractivity (Wildman–Crippen MR) is 93.9 cm³/mol. The molecule has 0 radical (unpaired) electrons. The van der Waals surface area contributed by atoms with Crippen molar-refractivity contribution in [2.45, 2.75) is 19.1 Å². The van der Waals surface area contributed by atoms with Crippen molar-refractivity contribution in [1.82, 2.24) is 9.80 Å². The quantitative estimate of drug-likeness (QED) is 0.842. The van der Waals surface area contributed by atoms with Gasteiger partial charge in [0.25, 0.3) is 0 Å². The van der Waals surface area contributed by atoms with E-state index in [1.54, 1.807) is 24.7 Å². The van der Waals surface area contributed by atoms with Gasteiger partial charge in [0.15, 0.2) is 0 Å². The van der Waals surface area contributed by atoms with E-state index in [0.717, 1.165) is 25.2 Å². The van der Waals surface area contributed by atoms with Crippen LogP contribution < -0.4 is 0 Å². The smallest absolute Gasteiger partial charge is 0.227 e. The lowest BCUT2D eigenvalue weighted by atomic mass is 10.1. The lowest BCUT2D eigenvalue weighted by Crippen LogP contribution is -2.34. The van der Waals surface area contributed by atoms with E-state index in [1.807, 2.05) is 11.0 Å². The van der Waals surface area contributed by atoms with Crippen LogP contribution in [0.2, 0.25) is 0 Å². The molecule has 5 nitrogen and oxygen atoms in total. The summed E-state index contributed by atoms with van der Waals surface area (Å²) < 4.78 is 24.5. The molecule has 2 fully saturated rings. The summed E-state index contributed by atoms with van der Waals surface area (Å²) in [6.45, 7) is 4.61. The SMILES string of the molecule is O=C(Cc1cccc(F)c1)N1C[C@H]2CN(Cc3ccoc3)CCO[C@H]2C1. The molecule has 1 aromatic carbocycles. The second kappa shape index (κ2) is 7.60. The summed E-state index contributed by atoms with van der Waals surface area (Å²) in [7, 11) is 0. The molecular formula is C20H23FN2O3. The van der Waals surface area contributed by atoms with E-state index in [2.05, 4.69) is 4.90 Å². The van der Waals surface area contributed by atoms with Crippen LogP contribution >= 0.6 is 0 Å². The molecule has 0 spiro atoms. The van der Waals surface area contributed by atoms with Crippen LogP contribution in [0.1, 0.15) is 11.1 Å². The van der Waals surface area contributed by atoms with Crippen LogP contribution in [0.25, 0.3) is 0 Å². The lowest BCUT2D eigenvalue weighted by molar-refractivity contribution is -0.130. The van der Waals surface area contributed by atoms with Crippen molar-refractivity contribution in [3.63, 3.8) is 0 Å². The van der Waals surface area contributed by atoms with Crippen molar-refractivity contribution in [2.24, 2.45) is 5.92 Å². The molecule has 0 N–H and O–H groups in total. The topological polar surface area (TPSA) is 45.9 Å². The number of benzene rings is 1. The van der Waals surface area contributed by atoms with Crippen LogP contribution in [0, 0.1) is 11.7 Å². The van der Waals surface area contributed by atoms with E-state index >= 15 is 0 Å². The fourth-order valence-corrected chi connectivity index (χ4v) is 3.88. The zero-order valence-electron chi connectivity index (χ0n) is 14.6. The first-order valence-electron chi connectivity index (χ1n) is 9.04. The fraction of sp³-hybridized carbons (Fsp3) is 0.450. The molecule has 0 bridgehead atoms. The van der Waals surface area contributed by atoms with Gasteiger partial charge in [-0.15, -0.1) is 0 Å². The molecule has 2 aromatic rings. The first-order valence-corrected chi connectivity index (χ1v) is 9.04. The fourth-order valence-electron chi connectivity index (χ4n) is 3.88. The minimum atomic E-state index is -0.305. The molecule has 2 aliphatic rings. The number of fused-ring (bicyclic) bond motifs is 1. The van der Waals surface area contributed by atoms with Crippen molar-refractivity contribution < 1.29 is 18.3 Å². The van der Waals surface area contributed by atoms with Crippen molar-refractivity contribution in [3.05, 3.63) is 59.8 Å². The maximum atomic E-state index is 13.3. The number of likely N-dealkylation sites (tertiary alicyclic amines) is 1. The second-order valence-corrected chi connectivity index (χ2v) is 7.14. The van der Waals surface area contributed by atoms with Gasteiger partial charge in [0, 0.05) is 44.2 Å². The van der Waals surface area contributed by atoms with E-state index in [-0.39, 0.29) is 24.2 Å². The maximum absolute atomic E-state index is 13.3. The van der Waals surface area contributed by atoms with Gasteiger partial charge in [0.2, 0.25) is 5.91 Å². The molecule has 26 heavy (non-hydrogen) atoms. The van der Waals surface area contributed by atoms with Crippen LogP contribution in [-0.4, -0.2) is 54.6 Å². The van der Waals surface area contributed by atoms with E-state index in [1.165, 1.54) is 12.1 Å². The van der Waals surface area contributed by atoms with Gasteiger partial charge in [-0.1, -0.05) is 12.1 Å². The summed E-state index contributed by atoms with van der Waals surface area (Å²) in [5.41, 5.74) is 1.87. The third kappa shape index (κ3) is 3.97. The summed E-state index contributed by atoms with van der Waals surface area (Å²) in [4.78, 5) is 16.8. The van der Waals surface area contributed by atoms with Crippen molar-refractivity contribution in [3.8, 4) is 0 Å². The van der Waals surface area contributed by atoms with Crippen molar-refractivity contribution in [2.75, 3.05) is 32.8 Å². The molecule has 1 amide bonds. The van der Waals surface area contributed by atoms with Crippen molar-refractivity contribution >= 4 is 5.91 Å². The average molecular weight is 358 g/mol.